The largest absolute Gasteiger partial charge is 0.494 e. The van der Waals surface area contributed by atoms with Gasteiger partial charge in [0.1, 0.15) is 5.75 Å². The van der Waals surface area contributed by atoms with Gasteiger partial charge in [0.15, 0.2) is 0 Å². The standard InChI is InChI=1S/C25H23N3O3/c1-3-31-22-11-9-21(10-12-22)28(25(30)19-8-5-13-26-15-19)16-20-14-18-7-4-6-17(2)23(18)27-24(20)29/h4-15H,3,16H2,1-2H3,(H,27,29). The molecule has 0 radical (unpaired) electrons. The van der Waals surface area contributed by atoms with Crippen LogP contribution in [-0.2, 0) is 6.54 Å². The molecule has 0 aliphatic carbocycles. The minimum Gasteiger partial charge on any atom is -0.494 e. The Kier molecular flexibility index (Phi) is 5.80. The number of anilines is 1. The molecule has 6 heteroatoms. The summed E-state index contributed by atoms with van der Waals surface area (Å²) in [6.07, 6.45) is 3.15. The van der Waals surface area contributed by atoms with Crippen molar-refractivity contribution in [3.63, 3.8) is 0 Å². The highest BCUT2D eigenvalue weighted by molar-refractivity contribution is 6.05. The van der Waals surface area contributed by atoms with Crippen molar-refractivity contribution < 1.29 is 9.53 Å². The van der Waals surface area contributed by atoms with Crippen molar-refractivity contribution in [1.29, 1.82) is 0 Å². The van der Waals surface area contributed by atoms with Gasteiger partial charge in [0.25, 0.3) is 11.5 Å². The SMILES string of the molecule is CCOc1ccc(N(Cc2cc3cccc(C)c3[nH]c2=O)C(=O)c2cccnc2)cc1. The number of amides is 1. The number of H-pyrrole nitrogens is 1. The number of pyridine rings is 2. The number of hydrogen-bond donors (Lipinski definition) is 1. The fourth-order valence-corrected chi connectivity index (χ4v) is 3.53. The summed E-state index contributed by atoms with van der Waals surface area (Å²) in [6, 6.07) is 18.4. The van der Waals surface area contributed by atoms with Gasteiger partial charge in [-0.25, -0.2) is 0 Å². The molecule has 0 saturated heterocycles. The van der Waals surface area contributed by atoms with Crippen LogP contribution in [0.15, 0.2) is 77.9 Å². The Morgan fingerprint density at radius 2 is 1.90 bits per heavy atom. The molecular formula is C25H23N3O3. The van der Waals surface area contributed by atoms with Crippen LogP contribution in [-0.4, -0.2) is 22.5 Å². The molecule has 156 valence electrons. The lowest BCUT2D eigenvalue weighted by Gasteiger charge is -2.23. The number of para-hydroxylation sites is 1. The third-order valence-electron chi connectivity index (χ3n) is 5.11. The number of rotatable bonds is 6. The molecule has 0 spiro atoms. The monoisotopic (exact) mass is 413 g/mol. The summed E-state index contributed by atoms with van der Waals surface area (Å²) < 4.78 is 5.51. The number of ether oxygens (including phenoxy) is 1. The van der Waals surface area contributed by atoms with E-state index in [0.29, 0.717) is 23.4 Å². The Balaban J connectivity index is 1.76. The summed E-state index contributed by atoms with van der Waals surface area (Å²) >= 11 is 0. The zero-order valence-electron chi connectivity index (χ0n) is 17.5. The number of hydrogen-bond acceptors (Lipinski definition) is 4. The summed E-state index contributed by atoms with van der Waals surface area (Å²) in [4.78, 5) is 34.8. The van der Waals surface area contributed by atoms with Crippen molar-refractivity contribution in [2.75, 3.05) is 11.5 Å². The van der Waals surface area contributed by atoms with Crippen LogP contribution in [0.25, 0.3) is 10.9 Å². The van der Waals surface area contributed by atoms with Gasteiger partial charge in [-0.2, -0.15) is 0 Å². The predicted molar refractivity (Wildman–Crippen MR) is 122 cm³/mol. The maximum Gasteiger partial charge on any atom is 0.260 e. The topological polar surface area (TPSA) is 75.3 Å². The molecular weight excluding hydrogens is 390 g/mol. The highest BCUT2D eigenvalue weighted by Gasteiger charge is 2.20. The summed E-state index contributed by atoms with van der Waals surface area (Å²) in [5.74, 6) is 0.486. The lowest BCUT2D eigenvalue weighted by molar-refractivity contribution is 0.0984. The molecule has 2 aromatic carbocycles. The molecule has 0 saturated carbocycles. The molecule has 0 unspecified atom stereocenters. The average Bonchev–Trinajstić information content (AvgIpc) is 2.79. The molecule has 0 fully saturated rings. The first-order chi connectivity index (χ1) is 15.1. The van der Waals surface area contributed by atoms with Gasteiger partial charge in [0.05, 0.1) is 24.2 Å². The zero-order valence-corrected chi connectivity index (χ0v) is 17.5. The van der Waals surface area contributed by atoms with Gasteiger partial charge in [-0.15, -0.1) is 0 Å². The third-order valence-corrected chi connectivity index (χ3v) is 5.11. The molecule has 1 N–H and O–H groups in total. The van der Waals surface area contributed by atoms with Crippen LogP contribution >= 0.6 is 0 Å². The number of benzene rings is 2. The van der Waals surface area contributed by atoms with Gasteiger partial charge in [0.2, 0.25) is 0 Å². The van der Waals surface area contributed by atoms with E-state index in [1.807, 2.05) is 62.4 Å². The van der Waals surface area contributed by atoms with Crippen molar-refractivity contribution >= 4 is 22.5 Å². The normalized spacial score (nSPS) is 10.8. The molecule has 6 nitrogen and oxygen atoms in total. The van der Waals surface area contributed by atoms with Crippen molar-refractivity contribution in [1.82, 2.24) is 9.97 Å². The number of nitrogens with zero attached hydrogens (tertiary/aromatic N) is 2. The van der Waals surface area contributed by atoms with E-state index in [1.54, 1.807) is 23.2 Å². The molecule has 0 aliphatic heterocycles. The van der Waals surface area contributed by atoms with Crippen LogP contribution < -0.4 is 15.2 Å². The quantitative estimate of drug-likeness (QED) is 0.506. The van der Waals surface area contributed by atoms with Crippen molar-refractivity contribution in [2.24, 2.45) is 0 Å². The fourth-order valence-electron chi connectivity index (χ4n) is 3.53. The number of carbonyl (C=O) groups excluding carboxylic acids is 1. The van der Waals surface area contributed by atoms with Gasteiger partial charge < -0.3 is 14.6 Å². The number of aromatic nitrogens is 2. The maximum atomic E-state index is 13.3. The first-order valence-corrected chi connectivity index (χ1v) is 10.1. The first kappa shape index (κ1) is 20.3. The van der Waals surface area contributed by atoms with E-state index in [-0.39, 0.29) is 18.0 Å². The smallest absolute Gasteiger partial charge is 0.260 e. The second kappa shape index (κ2) is 8.83. The van der Waals surface area contributed by atoms with Crippen LogP contribution in [0.1, 0.15) is 28.4 Å². The molecule has 2 heterocycles. The van der Waals surface area contributed by atoms with Crippen molar-refractivity contribution in [3.05, 3.63) is 100 Å². The minimum absolute atomic E-state index is 0.126. The Hall–Kier alpha value is -3.93. The molecule has 31 heavy (non-hydrogen) atoms. The van der Waals surface area contributed by atoms with Crippen molar-refractivity contribution in [2.45, 2.75) is 20.4 Å². The van der Waals surface area contributed by atoms with Crippen molar-refractivity contribution in [3.8, 4) is 5.75 Å². The summed E-state index contributed by atoms with van der Waals surface area (Å²) in [5.41, 5.74) is 3.21. The van der Waals surface area contributed by atoms with Crippen LogP contribution in [0, 0.1) is 6.92 Å². The Morgan fingerprint density at radius 1 is 1.10 bits per heavy atom. The van der Waals surface area contributed by atoms with Gasteiger partial charge in [-0.1, -0.05) is 18.2 Å². The van der Waals surface area contributed by atoms with E-state index >= 15 is 0 Å². The Morgan fingerprint density at radius 3 is 2.61 bits per heavy atom. The number of aromatic amines is 1. The second-order valence-electron chi connectivity index (χ2n) is 7.22. The predicted octanol–water partition coefficient (Wildman–Crippen LogP) is 4.48. The Bertz CT molecular complexity index is 1260. The van der Waals surface area contributed by atoms with Crippen LogP contribution in [0.5, 0.6) is 5.75 Å². The second-order valence-corrected chi connectivity index (χ2v) is 7.22. The molecule has 4 aromatic rings. The lowest BCUT2D eigenvalue weighted by Crippen LogP contribution is -2.33. The Labute approximate surface area is 180 Å². The van der Waals surface area contributed by atoms with Crippen LogP contribution in [0.4, 0.5) is 5.69 Å². The highest BCUT2D eigenvalue weighted by atomic mass is 16.5. The zero-order chi connectivity index (χ0) is 21.8. The number of aryl methyl sites for hydroxylation is 1. The maximum absolute atomic E-state index is 13.3. The average molecular weight is 413 g/mol. The minimum atomic E-state index is -0.235. The highest BCUT2D eigenvalue weighted by Crippen LogP contribution is 2.24. The van der Waals surface area contributed by atoms with E-state index in [2.05, 4.69) is 9.97 Å². The van der Waals surface area contributed by atoms with Gasteiger partial charge in [-0.3, -0.25) is 14.6 Å². The summed E-state index contributed by atoms with van der Waals surface area (Å²) in [7, 11) is 0. The van der Waals surface area contributed by atoms with Gasteiger partial charge in [0, 0.05) is 23.6 Å². The first-order valence-electron chi connectivity index (χ1n) is 10.1. The molecule has 2 aromatic heterocycles. The summed E-state index contributed by atoms with van der Waals surface area (Å²) in [5, 5.41) is 0.926. The number of nitrogens with one attached hydrogen (secondary N) is 1. The molecule has 1 amide bonds. The summed E-state index contributed by atoms with van der Waals surface area (Å²) in [6.45, 7) is 4.56. The fraction of sp³-hybridized carbons (Fsp3) is 0.160. The third kappa shape index (κ3) is 4.33. The van der Waals surface area contributed by atoms with E-state index in [4.69, 9.17) is 4.74 Å². The number of fused-ring (bicyclic) bond motifs is 1. The van der Waals surface area contributed by atoms with E-state index in [0.717, 1.165) is 22.2 Å². The molecule has 0 aliphatic rings. The van der Waals surface area contributed by atoms with E-state index in [1.165, 1.54) is 6.20 Å². The lowest BCUT2D eigenvalue weighted by atomic mass is 10.1. The molecule has 0 atom stereocenters. The van der Waals surface area contributed by atoms with Crippen LogP contribution in [0.2, 0.25) is 0 Å². The van der Waals surface area contributed by atoms with Gasteiger partial charge >= 0.3 is 0 Å². The molecule has 0 bridgehead atoms. The van der Waals surface area contributed by atoms with Crippen LogP contribution in [0.3, 0.4) is 0 Å². The van der Waals surface area contributed by atoms with E-state index in [9.17, 15) is 9.59 Å². The van der Waals surface area contributed by atoms with Gasteiger partial charge in [-0.05, 0) is 67.3 Å². The number of carbonyl (C=O) groups is 1. The molecule has 4 rings (SSSR count). The van der Waals surface area contributed by atoms with E-state index < -0.39 is 0 Å².